The van der Waals surface area contributed by atoms with Crippen molar-refractivity contribution in [2.75, 3.05) is 25.6 Å². The lowest BCUT2D eigenvalue weighted by Crippen LogP contribution is -2.33. The summed E-state index contributed by atoms with van der Waals surface area (Å²) in [6.07, 6.45) is -7.25. The van der Waals surface area contributed by atoms with Gasteiger partial charge in [-0.2, -0.15) is 0 Å². The number of anilines is 1. The average Bonchev–Trinajstić information content (AvgIpc) is 3.97. The van der Waals surface area contributed by atoms with Crippen molar-refractivity contribution in [1.82, 2.24) is 38.6 Å². The number of rotatable bonds is 16. The van der Waals surface area contributed by atoms with E-state index in [1.54, 1.807) is 0 Å². The zero-order valence-corrected chi connectivity index (χ0v) is 34.4. The number of imidazole rings is 1. The van der Waals surface area contributed by atoms with Crippen LogP contribution in [-0.2, 0) is 50.5 Å². The van der Waals surface area contributed by atoms with Crippen molar-refractivity contribution in [3.05, 3.63) is 77.9 Å². The number of fused-ring (bicyclic) bond motifs is 1. The van der Waals surface area contributed by atoms with Crippen LogP contribution in [0.25, 0.3) is 11.2 Å². The molecule has 0 radical (unpaired) electrons. The Kier molecular flexibility index (Phi) is 13.1. The fraction of sp³-hybridized carbons (Fsp3) is 0.567. The second-order valence-electron chi connectivity index (χ2n) is 14.1. The number of nitrogens with zero attached hydrogens (tertiary/aromatic N) is 6. The number of nitrogens with two attached hydrogens (primary N) is 1. The number of aromatic nitrogens is 8. The normalized spacial score (nSPS) is 28.9. The van der Waals surface area contributed by atoms with Crippen molar-refractivity contribution < 1.29 is 70.3 Å². The maximum Gasteiger partial charge on any atom is 0.694 e. The number of nitrogens with one attached hydrogen (secondary N) is 2. The number of phosphoric ester groups is 2. The van der Waals surface area contributed by atoms with E-state index in [2.05, 4.69) is 24.9 Å². The summed E-state index contributed by atoms with van der Waals surface area (Å²) >= 11 is 0. The van der Waals surface area contributed by atoms with Crippen LogP contribution in [0.1, 0.15) is 49.1 Å². The molecule has 12 atom stereocenters. The second-order valence-corrected chi connectivity index (χ2v) is 17.6. The molecule has 3 unspecified atom stereocenters. The van der Waals surface area contributed by atoms with Crippen LogP contribution in [0.5, 0.6) is 0 Å². The molecule has 31 heteroatoms. The molecule has 0 saturated carbocycles. The molecule has 8 N–H and O–H groups in total. The van der Waals surface area contributed by atoms with Gasteiger partial charge in [-0.15, -0.1) is 9.42 Å². The molecule has 3 fully saturated rings. The number of aromatic amines is 2. The van der Waals surface area contributed by atoms with Crippen molar-refractivity contribution in [2.24, 2.45) is 0 Å². The Morgan fingerprint density at radius 3 is 1.82 bits per heavy atom. The molecule has 332 valence electrons. The van der Waals surface area contributed by atoms with Crippen LogP contribution >= 0.6 is 23.9 Å². The SMILES string of the molecule is Cc1cn([C@H]2C[C@H](OP(=O)(O)OC[C@H]3O[C@@H](n4cc(C)c(=O)[nH]c4=O)C[C@@H]3OP(=O)(O)OC[C@H]3O[C@@H](n4cnc5c(N)ncnc54)C[C@@H]3O)[C@@H](CO[P+](=O)O)O2)c(=O)[nH]c1=O. The fourth-order valence-corrected chi connectivity index (χ4v) is 9.05. The third kappa shape index (κ3) is 10.2. The summed E-state index contributed by atoms with van der Waals surface area (Å²) in [4.78, 5) is 96.5. The van der Waals surface area contributed by atoms with E-state index in [4.69, 9.17) is 42.6 Å². The Morgan fingerprint density at radius 1 is 0.787 bits per heavy atom. The molecule has 3 aliphatic heterocycles. The van der Waals surface area contributed by atoms with Gasteiger partial charge in [0.2, 0.25) is 0 Å². The predicted octanol–water partition coefficient (Wildman–Crippen LogP) is -0.980. The van der Waals surface area contributed by atoms with Gasteiger partial charge in [0, 0.05) is 47.3 Å². The molecule has 0 bridgehead atoms. The second kappa shape index (κ2) is 17.9. The quantitative estimate of drug-likeness (QED) is 0.0664. The first-order valence-corrected chi connectivity index (χ1v) is 22.2. The summed E-state index contributed by atoms with van der Waals surface area (Å²) in [5.74, 6) is 0.116. The van der Waals surface area contributed by atoms with Crippen LogP contribution in [-0.4, -0.2) is 115 Å². The Labute approximate surface area is 341 Å². The van der Waals surface area contributed by atoms with Gasteiger partial charge in [0.25, 0.3) is 11.1 Å². The summed E-state index contributed by atoms with van der Waals surface area (Å²) in [5, 5.41) is 10.7. The van der Waals surface area contributed by atoms with Gasteiger partial charge in [0.1, 0.15) is 67.7 Å². The molecule has 4 aromatic rings. The number of hydrogen-bond acceptors (Lipinski definition) is 20. The topological polar surface area (TPSA) is 385 Å². The number of nitrogen functional groups attached to an aromatic ring is 1. The minimum atomic E-state index is -5.19. The molecule has 7 rings (SSSR count). The highest BCUT2D eigenvalue weighted by Crippen LogP contribution is 2.52. The Balaban J connectivity index is 1.04. The summed E-state index contributed by atoms with van der Waals surface area (Å²) in [6, 6.07) is 0. The highest BCUT2D eigenvalue weighted by molar-refractivity contribution is 7.47. The van der Waals surface area contributed by atoms with Gasteiger partial charge in [-0.1, -0.05) is 0 Å². The van der Waals surface area contributed by atoms with E-state index in [0.29, 0.717) is 11.2 Å². The molecule has 0 aliphatic carbocycles. The first kappa shape index (κ1) is 44.8. The van der Waals surface area contributed by atoms with Crippen LogP contribution in [0.15, 0.2) is 44.2 Å². The molecule has 4 aromatic heterocycles. The van der Waals surface area contributed by atoms with Gasteiger partial charge in [0.05, 0.1) is 25.6 Å². The van der Waals surface area contributed by atoms with Gasteiger partial charge < -0.3 is 34.8 Å². The van der Waals surface area contributed by atoms with E-state index in [9.17, 15) is 52.7 Å². The van der Waals surface area contributed by atoms with Crippen molar-refractivity contribution >= 4 is 40.9 Å². The van der Waals surface area contributed by atoms with Crippen molar-refractivity contribution in [2.45, 2.75) is 88.4 Å². The Hall–Kier alpha value is -4.21. The lowest BCUT2D eigenvalue weighted by molar-refractivity contribution is -0.0605. The number of hydrogen-bond donors (Lipinski definition) is 7. The molecule has 28 nitrogen and oxygen atoms in total. The molecule has 3 aliphatic rings. The first-order chi connectivity index (χ1) is 28.8. The number of aliphatic hydroxyl groups excluding tert-OH is 1. The molecular weight excluding hydrogens is 883 g/mol. The Bertz CT molecular complexity index is 2630. The number of ether oxygens (including phenoxy) is 3. The molecule has 0 amide bonds. The lowest BCUT2D eigenvalue weighted by Gasteiger charge is -2.24. The molecule has 3 saturated heterocycles. The largest absolute Gasteiger partial charge is 0.694 e. The molecule has 0 aromatic carbocycles. The van der Waals surface area contributed by atoms with Gasteiger partial charge in [0.15, 0.2) is 11.5 Å². The fourth-order valence-electron chi connectivity index (χ4n) is 6.86. The van der Waals surface area contributed by atoms with Crippen LogP contribution in [0.3, 0.4) is 0 Å². The lowest BCUT2D eigenvalue weighted by atomic mass is 10.2. The zero-order chi connectivity index (χ0) is 44.0. The molecule has 7 heterocycles. The summed E-state index contributed by atoms with van der Waals surface area (Å²) in [5.41, 5.74) is 3.51. The van der Waals surface area contributed by atoms with Crippen molar-refractivity contribution in [3.63, 3.8) is 0 Å². The Morgan fingerprint density at radius 2 is 1.28 bits per heavy atom. The third-order valence-corrected chi connectivity index (χ3v) is 12.3. The van der Waals surface area contributed by atoms with Crippen LogP contribution in [0.2, 0.25) is 0 Å². The third-order valence-electron chi connectivity index (χ3n) is 9.87. The smallest absolute Gasteiger partial charge is 0.390 e. The first-order valence-electron chi connectivity index (χ1n) is 18.1. The van der Waals surface area contributed by atoms with Gasteiger partial charge in [-0.05, 0) is 13.8 Å². The number of aliphatic hydroxyl groups is 1. The standard InChI is InChI=1S/C30H38N9O19P3/c1-13-6-37(29(43)35-27(13)41)22-4-16(19(55-22)8-51-59(45)46)57-61(49,50)53-10-20-17(5-23(56-20)38-7-14(2)28(42)36-30(38)44)58-60(47,48)52-9-18-15(40)3-21(54-18)39-12-34-24-25(31)32-11-33-26(24)39/h6-7,11-12,15-23,40H,3-5,8-10H2,1-2H3,(H6-,31,32,33,35,36,41,42,43,44,45,46,47,48,49,50)/p+1/t15-,16-,17-,18+,19+,20+,21+,22+,23+/m0/s1. The van der Waals surface area contributed by atoms with Crippen LogP contribution in [0.4, 0.5) is 5.82 Å². The maximum atomic E-state index is 13.4. The number of H-pyrrole nitrogens is 2. The van der Waals surface area contributed by atoms with E-state index >= 15 is 0 Å². The van der Waals surface area contributed by atoms with Crippen LogP contribution in [0, 0.1) is 13.8 Å². The van der Waals surface area contributed by atoms with E-state index in [1.165, 1.54) is 37.3 Å². The van der Waals surface area contributed by atoms with E-state index in [1.807, 2.05) is 0 Å². The zero-order valence-electron chi connectivity index (χ0n) is 31.8. The average molecular weight is 923 g/mol. The minimum Gasteiger partial charge on any atom is -0.390 e. The summed E-state index contributed by atoms with van der Waals surface area (Å²) in [6.45, 7) is 0.593. The van der Waals surface area contributed by atoms with Gasteiger partial charge in [-0.3, -0.25) is 51.4 Å². The van der Waals surface area contributed by atoms with Crippen molar-refractivity contribution in [3.8, 4) is 0 Å². The number of phosphoric acid groups is 2. The van der Waals surface area contributed by atoms with E-state index in [0.717, 1.165) is 15.3 Å². The summed E-state index contributed by atoms with van der Waals surface area (Å²) < 4.78 is 84.9. The van der Waals surface area contributed by atoms with Crippen LogP contribution < -0.4 is 28.2 Å². The number of aryl methyl sites for hydroxylation is 2. The van der Waals surface area contributed by atoms with Gasteiger partial charge >= 0.3 is 35.3 Å². The highest BCUT2D eigenvalue weighted by Gasteiger charge is 2.47. The molecule has 0 spiro atoms. The minimum absolute atomic E-state index is 0.00227. The predicted molar refractivity (Wildman–Crippen MR) is 201 cm³/mol. The monoisotopic (exact) mass is 922 g/mol. The van der Waals surface area contributed by atoms with Gasteiger partial charge in [-0.25, -0.2) is 33.7 Å². The summed E-state index contributed by atoms with van der Waals surface area (Å²) in [7, 11) is -13.5. The molecular formula is C30H39N9O19P3+. The molecule has 61 heavy (non-hydrogen) atoms. The van der Waals surface area contributed by atoms with E-state index < -0.39 is 122 Å². The van der Waals surface area contributed by atoms with Crippen molar-refractivity contribution in [1.29, 1.82) is 0 Å². The highest BCUT2D eigenvalue weighted by atomic mass is 31.2. The van der Waals surface area contributed by atoms with E-state index in [-0.39, 0.29) is 36.2 Å². The maximum absolute atomic E-state index is 13.4.